The second kappa shape index (κ2) is 17.1. The Morgan fingerprint density at radius 2 is 0.607 bits per heavy atom. The Morgan fingerprint density at radius 1 is 0.429 bits per heavy atom. The standard InChI is InChI=1S/C6H16N2O12S4.4Na/c9-21(10,11)7(22(12,13)14)5-3-1-2-4-6-8(23(15,16)17)24(18,19)20;;;;/h1-6H2,(H,9,10,11)(H,12,13,14)(H,15,16,17)(H,18,19,20);;;;/q;4*+1/p-4. The van der Waals surface area contributed by atoms with Crippen molar-refractivity contribution in [3.8, 4) is 0 Å². The van der Waals surface area contributed by atoms with Gasteiger partial charge in [-0.2, -0.15) is 0 Å². The maximum atomic E-state index is 10.6. The molecule has 0 aliphatic heterocycles. The average molecular weight is 524 g/mol. The van der Waals surface area contributed by atoms with E-state index >= 15 is 0 Å². The van der Waals surface area contributed by atoms with E-state index in [1.165, 1.54) is 0 Å². The second-order valence-electron chi connectivity index (χ2n) is 4.24. The van der Waals surface area contributed by atoms with Crippen LogP contribution >= 0.6 is 0 Å². The van der Waals surface area contributed by atoms with Crippen LogP contribution < -0.4 is 118 Å². The van der Waals surface area contributed by atoms with Crippen molar-refractivity contribution in [2.45, 2.75) is 25.7 Å². The van der Waals surface area contributed by atoms with E-state index in [1.54, 1.807) is 0 Å². The molecule has 0 atom stereocenters. The van der Waals surface area contributed by atoms with Gasteiger partial charge in [-0.1, -0.05) is 12.8 Å². The third kappa shape index (κ3) is 18.0. The van der Waals surface area contributed by atoms with Gasteiger partial charge in [-0.15, -0.1) is 7.42 Å². The number of hydrogen-bond acceptors (Lipinski definition) is 12. The largest absolute Gasteiger partial charge is 1.00 e. The molecular weight excluding hydrogens is 512 g/mol. The van der Waals surface area contributed by atoms with Gasteiger partial charge in [-0.05, 0) is 12.8 Å². The minimum absolute atomic E-state index is 0. The summed E-state index contributed by atoms with van der Waals surface area (Å²) in [5.41, 5.74) is 0. The van der Waals surface area contributed by atoms with Crippen molar-refractivity contribution in [1.82, 2.24) is 7.42 Å². The molecular formula is C6H12N2Na4O12S4. The summed E-state index contributed by atoms with van der Waals surface area (Å²) < 4.78 is 125. The Morgan fingerprint density at radius 3 is 0.750 bits per heavy atom. The van der Waals surface area contributed by atoms with Gasteiger partial charge in [0.15, 0.2) is 41.2 Å². The van der Waals surface area contributed by atoms with Crippen LogP contribution in [0, 0.1) is 0 Å². The Balaban J connectivity index is -0.000000441. The van der Waals surface area contributed by atoms with Crippen LogP contribution in [-0.4, -0.2) is 72.4 Å². The number of unbranched alkanes of at least 4 members (excludes halogenated alkanes) is 3. The van der Waals surface area contributed by atoms with Crippen molar-refractivity contribution < 1.29 is 170 Å². The molecule has 22 heteroatoms. The van der Waals surface area contributed by atoms with Crippen LogP contribution in [-0.2, 0) is 41.2 Å². The number of nitrogens with zero attached hydrogens (tertiary/aromatic N) is 2. The van der Waals surface area contributed by atoms with Gasteiger partial charge in [0, 0.05) is 13.1 Å². The first-order valence-electron chi connectivity index (χ1n) is 5.86. The second-order valence-corrected chi connectivity index (χ2v) is 9.89. The molecule has 0 bridgehead atoms. The molecule has 0 radical (unpaired) electrons. The van der Waals surface area contributed by atoms with E-state index in [4.69, 9.17) is 0 Å². The maximum Gasteiger partial charge on any atom is 1.00 e. The smallest absolute Gasteiger partial charge is 0.735 e. The van der Waals surface area contributed by atoms with E-state index in [1.807, 2.05) is 0 Å². The monoisotopic (exact) mass is 524 g/mol. The first-order chi connectivity index (χ1) is 10.5. The quantitative estimate of drug-likeness (QED) is 0.139. The van der Waals surface area contributed by atoms with Crippen molar-refractivity contribution in [2.75, 3.05) is 13.1 Å². The van der Waals surface area contributed by atoms with Crippen LogP contribution in [0.1, 0.15) is 25.7 Å². The molecule has 0 rings (SSSR count). The Bertz CT molecular complexity index is 707. The van der Waals surface area contributed by atoms with Gasteiger partial charge in [-0.25, -0.2) is 33.7 Å². The Hall–Kier alpha value is 3.56. The minimum Gasteiger partial charge on any atom is -0.735 e. The fourth-order valence-corrected chi connectivity index (χ4v) is 4.71. The summed E-state index contributed by atoms with van der Waals surface area (Å²) >= 11 is 0. The Kier molecular flexibility index (Phi) is 25.5. The molecule has 146 valence electrons. The summed E-state index contributed by atoms with van der Waals surface area (Å²) in [7, 11) is -22.1. The molecule has 0 aromatic carbocycles. The van der Waals surface area contributed by atoms with Crippen molar-refractivity contribution in [2.24, 2.45) is 0 Å². The third-order valence-corrected chi connectivity index (χ3v) is 7.35. The van der Waals surface area contributed by atoms with Crippen LogP contribution in [0.4, 0.5) is 0 Å². The van der Waals surface area contributed by atoms with E-state index in [0.29, 0.717) is 0 Å². The van der Waals surface area contributed by atoms with Crippen molar-refractivity contribution >= 4 is 41.2 Å². The first-order valence-corrected chi connectivity index (χ1v) is 11.3. The molecule has 0 saturated carbocycles. The van der Waals surface area contributed by atoms with Gasteiger partial charge in [0.25, 0.3) is 0 Å². The van der Waals surface area contributed by atoms with E-state index < -0.39 is 61.7 Å². The zero-order valence-electron chi connectivity index (χ0n) is 15.7. The zero-order chi connectivity index (χ0) is 19.4. The fraction of sp³-hybridized carbons (Fsp3) is 1.00. The minimum atomic E-state index is -5.53. The van der Waals surface area contributed by atoms with Gasteiger partial charge in [0.1, 0.15) is 0 Å². The summed E-state index contributed by atoms with van der Waals surface area (Å²) in [6.45, 7) is -1.91. The molecule has 0 aliphatic rings. The van der Waals surface area contributed by atoms with E-state index in [2.05, 4.69) is 0 Å². The predicted molar refractivity (Wildman–Crippen MR) is 70.7 cm³/mol. The number of rotatable bonds is 11. The molecule has 14 nitrogen and oxygen atoms in total. The van der Waals surface area contributed by atoms with Gasteiger partial charge >= 0.3 is 118 Å². The summed E-state index contributed by atoms with van der Waals surface area (Å²) in [4.78, 5) is 0. The molecule has 0 fully saturated rings. The summed E-state index contributed by atoms with van der Waals surface area (Å²) in [5.74, 6) is 0. The van der Waals surface area contributed by atoms with Crippen LogP contribution in [0.25, 0.3) is 0 Å². The van der Waals surface area contributed by atoms with Crippen molar-refractivity contribution in [3.05, 3.63) is 0 Å². The van der Waals surface area contributed by atoms with Crippen LogP contribution in [0.2, 0.25) is 0 Å². The summed E-state index contributed by atoms with van der Waals surface area (Å²) in [6, 6.07) is 0. The maximum absolute atomic E-state index is 10.6. The molecule has 0 aromatic heterocycles. The molecule has 0 aliphatic carbocycles. The van der Waals surface area contributed by atoms with Crippen LogP contribution in [0.15, 0.2) is 0 Å². The van der Waals surface area contributed by atoms with E-state index in [-0.39, 0.29) is 144 Å². The molecule has 28 heavy (non-hydrogen) atoms. The molecule has 0 spiro atoms. The molecule has 0 heterocycles. The zero-order valence-corrected chi connectivity index (χ0v) is 26.9. The van der Waals surface area contributed by atoms with Crippen molar-refractivity contribution in [3.63, 3.8) is 0 Å². The topological polar surface area (TPSA) is 235 Å². The van der Waals surface area contributed by atoms with Gasteiger partial charge in [-0.3, -0.25) is 0 Å². The SMILES string of the molecule is O=S(=O)([O-])N(CCCCCCN(S(=O)(=O)[O-])S(=O)(=O)[O-])S(=O)(=O)[O-].[Na+].[Na+].[Na+].[Na+]. The third-order valence-electron chi connectivity index (χ3n) is 2.43. The number of hydrogen-bond donors (Lipinski definition) is 0. The molecule has 0 saturated heterocycles. The average Bonchev–Trinajstić information content (AvgIpc) is 2.25. The summed E-state index contributed by atoms with van der Waals surface area (Å²) in [5, 5.41) is 0. The first kappa shape index (κ1) is 41.8. The summed E-state index contributed by atoms with van der Waals surface area (Å²) in [6.07, 6.45) is -0.741. The fourth-order valence-electron chi connectivity index (χ4n) is 1.51. The van der Waals surface area contributed by atoms with Gasteiger partial charge < -0.3 is 18.2 Å². The van der Waals surface area contributed by atoms with Crippen LogP contribution in [0.5, 0.6) is 0 Å². The molecule has 0 aromatic rings. The molecule has 0 amide bonds. The van der Waals surface area contributed by atoms with E-state index in [9.17, 15) is 51.9 Å². The van der Waals surface area contributed by atoms with Crippen LogP contribution in [0.3, 0.4) is 0 Å². The predicted octanol–water partition coefficient (Wildman–Crippen LogP) is -15.0. The van der Waals surface area contributed by atoms with Crippen molar-refractivity contribution in [1.29, 1.82) is 0 Å². The Labute approximate surface area is 253 Å². The molecule has 0 unspecified atom stereocenters. The van der Waals surface area contributed by atoms with Gasteiger partial charge in [0.05, 0.1) is 0 Å². The molecule has 0 N–H and O–H groups in total. The van der Waals surface area contributed by atoms with Gasteiger partial charge in [0.2, 0.25) is 0 Å². The normalized spacial score (nSPS) is 12.4. The van der Waals surface area contributed by atoms with E-state index in [0.717, 1.165) is 0 Å².